The van der Waals surface area contributed by atoms with Crippen molar-refractivity contribution in [2.24, 2.45) is 0 Å². The number of nitrogens with zero attached hydrogens (tertiary/aromatic N) is 1. The molecule has 2 aliphatic rings. The SMILES string of the molecule is CS(=O)(=O)c1ccc(O[C@H]2c3ccccc3C[C@@H]2N2CCCC2)cc1. The minimum absolute atomic E-state index is 0.00150. The second kappa shape index (κ2) is 6.46. The van der Waals surface area contributed by atoms with Gasteiger partial charge in [-0.2, -0.15) is 0 Å². The van der Waals surface area contributed by atoms with E-state index in [2.05, 4.69) is 29.2 Å². The van der Waals surface area contributed by atoms with E-state index in [0.717, 1.165) is 25.3 Å². The zero-order valence-corrected chi connectivity index (χ0v) is 15.2. The normalized spacial score (nSPS) is 23.6. The molecule has 0 saturated carbocycles. The minimum Gasteiger partial charge on any atom is -0.484 e. The molecule has 1 fully saturated rings. The van der Waals surface area contributed by atoms with Gasteiger partial charge >= 0.3 is 0 Å². The number of benzene rings is 2. The Hall–Kier alpha value is -1.85. The third kappa shape index (κ3) is 3.31. The first kappa shape index (κ1) is 16.6. The topological polar surface area (TPSA) is 46.6 Å². The van der Waals surface area contributed by atoms with Crippen LogP contribution < -0.4 is 4.74 Å². The molecule has 0 spiro atoms. The lowest BCUT2D eigenvalue weighted by atomic mass is 10.1. The van der Waals surface area contributed by atoms with Crippen LogP contribution in [0.5, 0.6) is 5.75 Å². The van der Waals surface area contributed by atoms with Crippen molar-refractivity contribution in [3.8, 4) is 5.75 Å². The summed E-state index contributed by atoms with van der Waals surface area (Å²) in [5.41, 5.74) is 2.61. The molecule has 2 atom stereocenters. The van der Waals surface area contributed by atoms with Gasteiger partial charge in [0.25, 0.3) is 0 Å². The van der Waals surface area contributed by atoms with Gasteiger partial charge in [-0.3, -0.25) is 4.90 Å². The molecule has 0 amide bonds. The van der Waals surface area contributed by atoms with Crippen LogP contribution in [0.1, 0.15) is 30.1 Å². The van der Waals surface area contributed by atoms with E-state index in [1.807, 2.05) is 0 Å². The van der Waals surface area contributed by atoms with Crippen molar-refractivity contribution >= 4 is 9.84 Å². The highest BCUT2D eigenvalue weighted by molar-refractivity contribution is 7.90. The van der Waals surface area contributed by atoms with Gasteiger partial charge in [-0.15, -0.1) is 0 Å². The van der Waals surface area contributed by atoms with Crippen molar-refractivity contribution in [3.05, 3.63) is 59.7 Å². The molecule has 5 heteroatoms. The lowest BCUT2D eigenvalue weighted by Crippen LogP contribution is -2.38. The number of fused-ring (bicyclic) bond motifs is 1. The van der Waals surface area contributed by atoms with Gasteiger partial charge in [0, 0.05) is 6.26 Å². The van der Waals surface area contributed by atoms with Crippen LogP contribution in [0.25, 0.3) is 0 Å². The Kier molecular flexibility index (Phi) is 4.29. The van der Waals surface area contributed by atoms with Crippen molar-refractivity contribution in [2.45, 2.75) is 36.3 Å². The fourth-order valence-corrected chi connectivity index (χ4v) is 4.62. The van der Waals surface area contributed by atoms with Gasteiger partial charge in [0.05, 0.1) is 10.9 Å². The van der Waals surface area contributed by atoms with E-state index in [9.17, 15) is 8.42 Å². The van der Waals surface area contributed by atoms with Gasteiger partial charge in [0.15, 0.2) is 9.84 Å². The second-order valence-electron chi connectivity index (χ2n) is 7.00. The summed E-state index contributed by atoms with van der Waals surface area (Å²) in [6, 6.07) is 15.6. The van der Waals surface area contributed by atoms with Gasteiger partial charge in [-0.25, -0.2) is 8.42 Å². The molecule has 1 heterocycles. The van der Waals surface area contributed by atoms with Crippen molar-refractivity contribution in [3.63, 3.8) is 0 Å². The largest absolute Gasteiger partial charge is 0.484 e. The summed E-state index contributed by atoms with van der Waals surface area (Å²) in [5.74, 6) is 0.721. The first-order valence-corrected chi connectivity index (χ1v) is 10.7. The molecule has 0 aromatic heterocycles. The van der Waals surface area contributed by atoms with E-state index in [4.69, 9.17) is 4.74 Å². The second-order valence-corrected chi connectivity index (χ2v) is 9.01. The molecule has 0 N–H and O–H groups in total. The molecule has 1 saturated heterocycles. The molecule has 0 unspecified atom stereocenters. The highest BCUT2D eigenvalue weighted by Gasteiger charge is 2.38. The summed E-state index contributed by atoms with van der Waals surface area (Å²) in [6.07, 6.45) is 4.74. The Bertz CT molecular complexity index is 855. The number of ether oxygens (including phenoxy) is 1. The number of sulfone groups is 1. The molecule has 2 aromatic rings. The number of likely N-dealkylation sites (tertiary alicyclic amines) is 1. The third-order valence-electron chi connectivity index (χ3n) is 5.26. The van der Waals surface area contributed by atoms with Crippen LogP contribution >= 0.6 is 0 Å². The van der Waals surface area contributed by atoms with E-state index in [1.165, 1.54) is 30.2 Å². The summed E-state index contributed by atoms with van der Waals surface area (Å²) in [5, 5.41) is 0. The van der Waals surface area contributed by atoms with Crippen LogP contribution in [0.4, 0.5) is 0 Å². The highest BCUT2D eigenvalue weighted by Crippen LogP contribution is 2.39. The fourth-order valence-electron chi connectivity index (χ4n) is 3.99. The van der Waals surface area contributed by atoms with E-state index < -0.39 is 9.84 Å². The number of rotatable bonds is 4. The Morgan fingerprint density at radius 3 is 2.36 bits per heavy atom. The first-order chi connectivity index (χ1) is 12.0. The summed E-state index contributed by atoms with van der Waals surface area (Å²) < 4.78 is 29.6. The summed E-state index contributed by atoms with van der Waals surface area (Å²) >= 11 is 0. The molecule has 4 nitrogen and oxygen atoms in total. The van der Waals surface area contributed by atoms with Crippen molar-refractivity contribution in [1.82, 2.24) is 4.90 Å². The molecule has 1 aliphatic carbocycles. The molecule has 132 valence electrons. The maximum absolute atomic E-state index is 11.6. The van der Waals surface area contributed by atoms with Crippen LogP contribution in [-0.4, -0.2) is 38.7 Å². The molecular formula is C20H23NO3S. The zero-order valence-electron chi connectivity index (χ0n) is 14.4. The maximum Gasteiger partial charge on any atom is 0.175 e. The Balaban J connectivity index is 1.61. The predicted molar refractivity (Wildman–Crippen MR) is 97.7 cm³/mol. The molecule has 0 bridgehead atoms. The van der Waals surface area contributed by atoms with Crippen molar-refractivity contribution in [2.75, 3.05) is 19.3 Å². The summed E-state index contributed by atoms with van der Waals surface area (Å²) in [4.78, 5) is 2.86. The average Bonchev–Trinajstić information content (AvgIpc) is 3.23. The Labute approximate surface area is 149 Å². The lowest BCUT2D eigenvalue weighted by molar-refractivity contribution is 0.0940. The standard InChI is InChI=1S/C20H23NO3S/c1-25(22,23)17-10-8-16(9-11-17)24-20-18-7-3-2-6-15(18)14-19(20)21-12-4-5-13-21/h2-3,6-11,19-20H,4-5,12-14H2,1H3/t19-,20-/m0/s1. The number of hydrogen-bond acceptors (Lipinski definition) is 4. The van der Waals surface area contributed by atoms with E-state index in [-0.39, 0.29) is 6.10 Å². The molecular weight excluding hydrogens is 334 g/mol. The van der Waals surface area contributed by atoms with Crippen LogP contribution in [0.15, 0.2) is 53.4 Å². The average molecular weight is 357 g/mol. The zero-order chi connectivity index (χ0) is 17.4. The smallest absolute Gasteiger partial charge is 0.175 e. The Morgan fingerprint density at radius 2 is 1.68 bits per heavy atom. The molecule has 2 aromatic carbocycles. The predicted octanol–water partition coefficient (Wildman–Crippen LogP) is 3.23. The van der Waals surface area contributed by atoms with Crippen LogP contribution in [0, 0.1) is 0 Å². The van der Waals surface area contributed by atoms with Crippen LogP contribution in [-0.2, 0) is 16.3 Å². The first-order valence-electron chi connectivity index (χ1n) is 8.81. The van der Waals surface area contributed by atoms with Gasteiger partial charge in [0.2, 0.25) is 0 Å². The molecule has 1 aliphatic heterocycles. The van der Waals surface area contributed by atoms with Gasteiger partial charge < -0.3 is 4.74 Å². The molecule has 4 rings (SSSR count). The third-order valence-corrected chi connectivity index (χ3v) is 6.39. The summed E-state index contributed by atoms with van der Waals surface area (Å²) in [7, 11) is -3.18. The fraction of sp³-hybridized carbons (Fsp3) is 0.400. The van der Waals surface area contributed by atoms with E-state index in [0.29, 0.717) is 10.9 Å². The van der Waals surface area contributed by atoms with Gasteiger partial charge in [0.1, 0.15) is 11.9 Å². The number of hydrogen-bond donors (Lipinski definition) is 0. The molecule has 0 radical (unpaired) electrons. The molecule has 25 heavy (non-hydrogen) atoms. The lowest BCUT2D eigenvalue weighted by Gasteiger charge is -2.30. The Morgan fingerprint density at radius 1 is 1.00 bits per heavy atom. The highest BCUT2D eigenvalue weighted by atomic mass is 32.2. The van der Waals surface area contributed by atoms with E-state index >= 15 is 0 Å². The van der Waals surface area contributed by atoms with Gasteiger partial charge in [-0.1, -0.05) is 24.3 Å². The quantitative estimate of drug-likeness (QED) is 0.843. The summed E-state index contributed by atoms with van der Waals surface area (Å²) in [6.45, 7) is 2.26. The van der Waals surface area contributed by atoms with Crippen molar-refractivity contribution in [1.29, 1.82) is 0 Å². The van der Waals surface area contributed by atoms with Gasteiger partial charge in [-0.05, 0) is 67.7 Å². The van der Waals surface area contributed by atoms with Crippen LogP contribution in [0.3, 0.4) is 0 Å². The minimum atomic E-state index is -3.18. The van der Waals surface area contributed by atoms with E-state index in [1.54, 1.807) is 24.3 Å². The van der Waals surface area contributed by atoms with Crippen molar-refractivity contribution < 1.29 is 13.2 Å². The van der Waals surface area contributed by atoms with Crippen LogP contribution in [0.2, 0.25) is 0 Å². The maximum atomic E-state index is 11.6. The monoisotopic (exact) mass is 357 g/mol.